The van der Waals surface area contributed by atoms with E-state index in [9.17, 15) is 4.79 Å². The molecular formula is C10H21NO3. The van der Waals surface area contributed by atoms with E-state index in [1.165, 1.54) is 0 Å². The maximum absolute atomic E-state index is 10.2. The number of aliphatic carboxylic acids is 1. The third kappa shape index (κ3) is 9.48. The Labute approximate surface area is 85.9 Å². The number of nitrogens with zero attached hydrogens (tertiary/aromatic N) is 1. The van der Waals surface area contributed by atoms with Crippen LogP contribution in [0.25, 0.3) is 0 Å². The Hall–Kier alpha value is -0.610. The first kappa shape index (κ1) is 13.4. The van der Waals surface area contributed by atoms with Crippen molar-refractivity contribution in [2.75, 3.05) is 33.9 Å². The van der Waals surface area contributed by atoms with Gasteiger partial charge in [-0.3, -0.25) is 4.79 Å². The van der Waals surface area contributed by atoms with Gasteiger partial charge < -0.3 is 14.7 Å². The zero-order valence-corrected chi connectivity index (χ0v) is 9.16. The number of ether oxygens (including phenoxy) is 1. The smallest absolute Gasteiger partial charge is 0.303 e. The Bertz CT molecular complexity index is 150. The van der Waals surface area contributed by atoms with Gasteiger partial charge in [0.1, 0.15) is 0 Å². The van der Waals surface area contributed by atoms with Crippen LogP contribution in [0.2, 0.25) is 0 Å². The molecule has 0 unspecified atom stereocenters. The number of hydrogen-bond donors (Lipinski definition) is 1. The van der Waals surface area contributed by atoms with Gasteiger partial charge in [-0.1, -0.05) is 6.42 Å². The molecule has 0 rings (SSSR count). The van der Waals surface area contributed by atoms with E-state index in [4.69, 9.17) is 9.84 Å². The monoisotopic (exact) mass is 203 g/mol. The molecule has 14 heavy (non-hydrogen) atoms. The lowest BCUT2D eigenvalue weighted by Gasteiger charge is -2.15. The number of methoxy groups -OCH3 is 1. The minimum atomic E-state index is -0.697. The largest absolute Gasteiger partial charge is 0.481 e. The number of rotatable bonds is 9. The van der Waals surface area contributed by atoms with Crippen LogP contribution >= 0.6 is 0 Å². The van der Waals surface area contributed by atoms with Gasteiger partial charge in [0, 0.05) is 20.1 Å². The molecule has 4 nitrogen and oxygen atoms in total. The van der Waals surface area contributed by atoms with E-state index in [0.717, 1.165) is 39.0 Å². The first-order chi connectivity index (χ1) is 6.66. The minimum Gasteiger partial charge on any atom is -0.481 e. The van der Waals surface area contributed by atoms with E-state index in [2.05, 4.69) is 11.9 Å². The van der Waals surface area contributed by atoms with Crippen molar-refractivity contribution in [2.45, 2.75) is 25.7 Å². The summed E-state index contributed by atoms with van der Waals surface area (Å²) >= 11 is 0. The quantitative estimate of drug-likeness (QED) is 0.572. The molecule has 0 spiro atoms. The fourth-order valence-corrected chi connectivity index (χ4v) is 1.19. The zero-order valence-electron chi connectivity index (χ0n) is 9.16. The van der Waals surface area contributed by atoms with Crippen LogP contribution in [0.3, 0.4) is 0 Å². The summed E-state index contributed by atoms with van der Waals surface area (Å²) < 4.78 is 4.95. The third-order valence-electron chi connectivity index (χ3n) is 2.11. The van der Waals surface area contributed by atoms with Crippen LogP contribution in [-0.2, 0) is 9.53 Å². The molecule has 0 radical (unpaired) electrons. The van der Waals surface area contributed by atoms with Crippen LogP contribution in [0.15, 0.2) is 0 Å². The van der Waals surface area contributed by atoms with E-state index in [-0.39, 0.29) is 0 Å². The van der Waals surface area contributed by atoms with Gasteiger partial charge in [-0.15, -0.1) is 0 Å². The SMILES string of the molecule is COCCN(C)CCCCCC(=O)O. The van der Waals surface area contributed by atoms with Gasteiger partial charge in [0.2, 0.25) is 0 Å². The standard InChI is InChI=1S/C10H21NO3/c1-11(8-9-14-2)7-5-3-4-6-10(12)13/h3-9H2,1-2H3,(H,12,13). The molecule has 0 aromatic heterocycles. The van der Waals surface area contributed by atoms with Crippen molar-refractivity contribution in [1.82, 2.24) is 4.90 Å². The van der Waals surface area contributed by atoms with Gasteiger partial charge in [0.05, 0.1) is 6.61 Å². The Kier molecular flexibility index (Phi) is 8.57. The Morgan fingerprint density at radius 3 is 2.57 bits per heavy atom. The molecule has 4 heteroatoms. The van der Waals surface area contributed by atoms with Crippen LogP contribution in [0.1, 0.15) is 25.7 Å². The summed E-state index contributed by atoms with van der Waals surface area (Å²) in [5.41, 5.74) is 0. The number of carbonyl (C=O) groups is 1. The van der Waals surface area contributed by atoms with Crippen LogP contribution < -0.4 is 0 Å². The van der Waals surface area contributed by atoms with E-state index >= 15 is 0 Å². The fourth-order valence-electron chi connectivity index (χ4n) is 1.19. The predicted octanol–water partition coefficient (Wildman–Crippen LogP) is 1.21. The first-order valence-electron chi connectivity index (χ1n) is 5.06. The van der Waals surface area contributed by atoms with Crippen molar-refractivity contribution in [2.24, 2.45) is 0 Å². The van der Waals surface area contributed by atoms with E-state index in [0.29, 0.717) is 6.42 Å². The lowest BCUT2D eigenvalue weighted by Crippen LogP contribution is -2.23. The highest BCUT2D eigenvalue weighted by Gasteiger charge is 1.99. The Morgan fingerprint density at radius 1 is 1.29 bits per heavy atom. The molecule has 0 aromatic rings. The molecule has 0 fully saturated rings. The minimum absolute atomic E-state index is 0.293. The van der Waals surface area contributed by atoms with Gasteiger partial charge in [-0.05, 0) is 26.4 Å². The van der Waals surface area contributed by atoms with Gasteiger partial charge in [0.15, 0.2) is 0 Å². The number of hydrogen-bond acceptors (Lipinski definition) is 3. The van der Waals surface area contributed by atoms with Crippen molar-refractivity contribution >= 4 is 5.97 Å². The summed E-state index contributed by atoms with van der Waals surface area (Å²) in [5, 5.41) is 8.41. The highest BCUT2D eigenvalue weighted by molar-refractivity contribution is 5.66. The van der Waals surface area contributed by atoms with Gasteiger partial charge in [0.25, 0.3) is 0 Å². The fraction of sp³-hybridized carbons (Fsp3) is 0.900. The third-order valence-corrected chi connectivity index (χ3v) is 2.11. The lowest BCUT2D eigenvalue weighted by molar-refractivity contribution is -0.137. The molecule has 0 saturated carbocycles. The van der Waals surface area contributed by atoms with Crippen LogP contribution in [0.5, 0.6) is 0 Å². The van der Waals surface area contributed by atoms with E-state index in [1.807, 2.05) is 0 Å². The number of carboxylic acids is 1. The molecule has 0 amide bonds. The summed E-state index contributed by atoms with van der Waals surface area (Å²) in [5.74, 6) is -0.697. The normalized spacial score (nSPS) is 10.8. The molecule has 0 atom stereocenters. The van der Waals surface area contributed by atoms with E-state index in [1.54, 1.807) is 7.11 Å². The zero-order chi connectivity index (χ0) is 10.8. The highest BCUT2D eigenvalue weighted by atomic mass is 16.5. The summed E-state index contributed by atoms with van der Waals surface area (Å²) in [6, 6.07) is 0. The molecule has 0 aliphatic rings. The van der Waals surface area contributed by atoms with Crippen molar-refractivity contribution in [1.29, 1.82) is 0 Å². The summed E-state index contributed by atoms with van der Waals surface area (Å²) in [7, 11) is 3.75. The molecule has 0 saturated heterocycles. The summed E-state index contributed by atoms with van der Waals surface area (Å²) in [6.45, 7) is 2.71. The summed E-state index contributed by atoms with van der Waals surface area (Å²) in [6.07, 6.45) is 3.13. The maximum Gasteiger partial charge on any atom is 0.303 e. The Morgan fingerprint density at radius 2 is 2.00 bits per heavy atom. The van der Waals surface area contributed by atoms with Crippen molar-refractivity contribution in [3.8, 4) is 0 Å². The molecule has 0 aromatic carbocycles. The molecular weight excluding hydrogens is 182 g/mol. The second-order valence-corrected chi connectivity index (χ2v) is 3.50. The van der Waals surface area contributed by atoms with Gasteiger partial charge in [-0.2, -0.15) is 0 Å². The second-order valence-electron chi connectivity index (χ2n) is 3.50. The molecule has 0 heterocycles. The van der Waals surface area contributed by atoms with Gasteiger partial charge in [-0.25, -0.2) is 0 Å². The average Bonchev–Trinajstić information content (AvgIpc) is 2.13. The Balaban J connectivity index is 3.14. The molecule has 0 bridgehead atoms. The highest BCUT2D eigenvalue weighted by Crippen LogP contribution is 2.00. The molecule has 0 aliphatic heterocycles. The van der Waals surface area contributed by atoms with Crippen molar-refractivity contribution < 1.29 is 14.6 Å². The van der Waals surface area contributed by atoms with Crippen LogP contribution in [-0.4, -0.2) is 49.8 Å². The topological polar surface area (TPSA) is 49.8 Å². The molecule has 0 aliphatic carbocycles. The van der Waals surface area contributed by atoms with E-state index < -0.39 is 5.97 Å². The average molecular weight is 203 g/mol. The van der Waals surface area contributed by atoms with Crippen LogP contribution in [0, 0.1) is 0 Å². The van der Waals surface area contributed by atoms with Crippen molar-refractivity contribution in [3.05, 3.63) is 0 Å². The molecule has 84 valence electrons. The van der Waals surface area contributed by atoms with Crippen molar-refractivity contribution in [3.63, 3.8) is 0 Å². The van der Waals surface area contributed by atoms with Gasteiger partial charge >= 0.3 is 5.97 Å². The van der Waals surface area contributed by atoms with Crippen LogP contribution in [0.4, 0.5) is 0 Å². The second kappa shape index (κ2) is 8.97. The summed E-state index contributed by atoms with van der Waals surface area (Å²) in [4.78, 5) is 12.4. The lowest BCUT2D eigenvalue weighted by atomic mass is 10.2. The number of likely N-dealkylation sites (N-methyl/N-ethyl adjacent to an activating group) is 1. The number of carboxylic acid groups (broad SMARTS) is 1. The first-order valence-corrected chi connectivity index (χ1v) is 5.06. The molecule has 1 N–H and O–H groups in total. The number of unbranched alkanes of at least 4 members (excludes halogenated alkanes) is 2. The predicted molar refractivity (Wildman–Crippen MR) is 55.5 cm³/mol. The maximum atomic E-state index is 10.2.